The minimum atomic E-state index is -3.99. The monoisotopic (exact) mass is 275 g/mol. The summed E-state index contributed by atoms with van der Waals surface area (Å²) >= 11 is 0. The standard InChI is InChI=1S/C14H17F4N/c1-13(2)7-9-5-3-4-6-10(9)11(13)19-8-14(17,18)12(15)16/h3-6,11-12,19H,7-8H2,1-2H3. The van der Waals surface area contributed by atoms with Crippen LogP contribution < -0.4 is 5.32 Å². The van der Waals surface area contributed by atoms with Crippen LogP contribution in [0.5, 0.6) is 0 Å². The maximum absolute atomic E-state index is 13.0. The Bertz CT molecular complexity index is 457. The van der Waals surface area contributed by atoms with Gasteiger partial charge >= 0.3 is 12.3 Å². The first-order chi connectivity index (χ1) is 8.74. The van der Waals surface area contributed by atoms with Crippen LogP contribution in [-0.4, -0.2) is 18.9 Å². The van der Waals surface area contributed by atoms with Gasteiger partial charge in [0.15, 0.2) is 0 Å². The highest BCUT2D eigenvalue weighted by Gasteiger charge is 2.44. The van der Waals surface area contributed by atoms with Crippen LogP contribution in [-0.2, 0) is 6.42 Å². The van der Waals surface area contributed by atoms with Gasteiger partial charge in [0, 0.05) is 6.04 Å². The van der Waals surface area contributed by atoms with Gasteiger partial charge in [0.05, 0.1) is 6.54 Å². The van der Waals surface area contributed by atoms with Gasteiger partial charge in [-0.1, -0.05) is 38.1 Å². The van der Waals surface area contributed by atoms with Gasteiger partial charge in [-0.25, -0.2) is 8.78 Å². The lowest BCUT2D eigenvalue weighted by atomic mass is 9.85. The summed E-state index contributed by atoms with van der Waals surface area (Å²) in [4.78, 5) is 0. The predicted octanol–water partition coefficient (Wildman–Crippen LogP) is 3.80. The molecule has 1 aliphatic rings. The number of rotatable bonds is 4. The highest BCUT2D eigenvalue weighted by Crippen LogP contribution is 2.45. The Morgan fingerprint density at radius 1 is 1.32 bits per heavy atom. The summed E-state index contributed by atoms with van der Waals surface area (Å²) in [5.41, 5.74) is 1.75. The van der Waals surface area contributed by atoms with Crippen molar-refractivity contribution in [3.8, 4) is 0 Å². The Hall–Kier alpha value is -1.10. The van der Waals surface area contributed by atoms with Crippen molar-refractivity contribution in [2.75, 3.05) is 6.54 Å². The van der Waals surface area contributed by atoms with Crippen LogP contribution in [0, 0.1) is 5.41 Å². The number of nitrogens with one attached hydrogen (secondary N) is 1. The summed E-state index contributed by atoms with van der Waals surface area (Å²) < 4.78 is 50.4. The van der Waals surface area contributed by atoms with Crippen molar-refractivity contribution in [2.45, 2.75) is 38.7 Å². The second-order valence-corrected chi connectivity index (χ2v) is 5.74. The van der Waals surface area contributed by atoms with Crippen molar-refractivity contribution in [3.05, 3.63) is 35.4 Å². The summed E-state index contributed by atoms with van der Waals surface area (Å²) in [6.45, 7) is 2.89. The number of hydrogen-bond donors (Lipinski definition) is 1. The lowest BCUT2D eigenvalue weighted by molar-refractivity contribution is -0.127. The first-order valence-electron chi connectivity index (χ1n) is 6.21. The van der Waals surface area contributed by atoms with E-state index in [1.165, 1.54) is 0 Å². The third kappa shape index (κ3) is 2.76. The summed E-state index contributed by atoms with van der Waals surface area (Å²) in [5, 5.41) is 2.62. The lowest BCUT2D eigenvalue weighted by Crippen LogP contribution is -2.43. The van der Waals surface area contributed by atoms with Gasteiger partial charge < -0.3 is 5.32 Å². The molecule has 0 bridgehead atoms. The third-order valence-electron chi connectivity index (χ3n) is 3.65. The molecule has 1 aromatic rings. The molecule has 2 rings (SSSR count). The molecule has 0 saturated carbocycles. The van der Waals surface area contributed by atoms with Crippen molar-refractivity contribution < 1.29 is 17.6 Å². The van der Waals surface area contributed by atoms with Gasteiger partial charge in [-0.05, 0) is 23.0 Å². The van der Waals surface area contributed by atoms with Crippen LogP contribution in [0.3, 0.4) is 0 Å². The summed E-state index contributed by atoms with van der Waals surface area (Å²) in [6.07, 6.45) is -2.89. The van der Waals surface area contributed by atoms with E-state index in [4.69, 9.17) is 0 Å². The molecule has 1 nitrogen and oxygen atoms in total. The van der Waals surface area contributed by atoms with Gasteiger partial charge in [0.2, 0.25) is 0 Å². The molecule has 0 spiro atoms. The number of halogens is 4. The minimum absolute atomic E-state index is 0.262. The first kappa shape index (κ1) is 14.3. The molecule has 5 heteroatoms. The predicted molar refractivity (Wildman–Crippen MR) is 65.6 cm³/mol. The molecule has 1 aliphatic carbocycles. The zero-order valence-corrected chi connectivity index (χ0v) is 10.9. The van der Waals surface area contributed by atoms with E-state index in [9.17, 15) is 17.6 Å². The fourth-order valence-corrected chi connectivity index (χ4v) is 2.69. The molecule has 1 atom stereocenters. The number of benzene rings is 1. The van der Waals surface area contributed by atoms with Gasteiger partial charge in [-0.15, -0.1) is 0 Å². The van der Waals surface area contributed by atoms with E-state index in [-0.39, 0.29) is 11.5 Å². The fourth-order valence-electron chi connectivity index (χ4n) is 2.69. The second kappa shape index (κ2) is 4.78. The van der Waals surface area contributed by atoms with E-state index in [1.54, 1.807) is 0 Å². The quantitative estimate of drug-likeness (QED) is 0.824. The van der Waals surface area contributed by atoms with E-state index in [0.717, 1.165) is 17.5 Å². The molecule has 19 heavy (non-hydrogen) atoms. The van der Waals surface area contributed by atoms with Crippen molar-refractivity contribution in [1.82, 2.24) is 5.32 Å². The first-order valence-corrected chi connectivity index (χ1v) is 6.21. The Morgan fingerprint density at radius 2 is 1.95 bits per heavy atom. The largest absolute Gasteiger partial charge is 0.319 e. The van der Waals surface area contributed by atoms with Crippen LogP contribution in [0.2, 0.25) is 0 Å². The molecular weight excluding hydrogens is 258 g/mol. The van der Waals surface area contributed by atoms with Crippen LogP contribution in [0.1, 0.15) is 31.0 Å². The van der Waals surface area contributed by atoms with Crippen LogP contribution in [0.15, 0.2) is 24.3 Å². The van der Waals surface area contributed by atoms with E-state index in [0.29, 0.717) is 0 Å². The van der Waals surface area contributed by atoms with Crippen LogP contribution >= 0.6 is 0 Å². The summed E-state index contributed by atoms with van der Waals surface area (Å²) in [7, 11) is 0. The van der Waals surface area contributed by atoms with E-state index in [1.807, 2.05) is 38.1 Å². The molecule has 1 unspecified atom stereocenters. The molecule has 0 amide bonds. The molecule has 0 radical (unpaired) electrons. The van der Waals surface area contributed by atoms with Gasteiger partial charge in [-0.3, -0.25) is 0 Å². The smallest absolute Gasteiger partial charge is 0.304 e. The Labute approximate surface area is 110 Å². The van der Waals surface area contributed by atoms with Crippen molar-refractivity contribution in [3.63, 3.8) is 0 Å². The molecule has 0 saturated heterocycles. The Morgan fingerprint density at radius 3 is 2.58 bits per heavy atom. The van der Waals surface area contributed by atoms with Crippen molar-refractivity contribution >= 4 is 0 Å². The minimum Gasteiger partial charge on any atom is -0.304 e. The summed E-state index contributed by atoms with van der Waals surface area (Å²) in [5.74, 6) is -3.99. The molecule has 106 valence electrons. The topological polar surface area (TPSA) is 12.0 Å². The SMILES string of the molecule is CC1(C)Cc2ccccc2C1NCC(F)(F)C(F)F. The van der Waals surface area contributed by atoms with Gasteiger partial charge in [0.1, 0.15) is 0 Å². The number of hydrogen-bond acceptors (Lipinski definition) is 1. The van der Waals surface area contributed by atoms with Crippen LogP contribution in [0.25, 0.3) is 0 Å². The van der Waals surface area contributed by atoms with Gasteiger partial charge in [-0.2, -0.15) is 8.78 Å². The highest BCUT2D eigenvalue weighted by molar-refractivity contribution is 5.37. The summed E-state index contributed by atoms with van der Waals surface area (Å²) in [6, 6.07) is 7.21. The lowest BCUT2D eigenvalue weighted by Gasteiger charge is -2.30. The molecule has 0 fully saturated rings. The Balaban J connectivity index is 2.16. The van der Waals surface area contributed by atoms with E-state index >= 15 is 0 Å². The zero-order valence-electron chi connectivity index (χ0n) is 10.9. The maximum Gasteiger partial charge on any atom is 0.319 e. The molecular formula is C14H17F4N. The second-order valence-electron chi connectivity index (χ2n) is 5.74. The average Bonchev–Trinajstić information content (AvgIpc) is 2.56. The molecule has 1 aromatic carbocycles. The third-order valence-corrected chi connectivity index (χ3v) is 3.65. The molecule has 0 heterocycles. The van der Waals surface area contributed by atoms with Gasteiger partial charge in [0.25, 0.3) is 0 Å². The normalized spacial score (nSPS) is 21.7. The molecule has 0 aromatic heterocycles. The van der Waals surface area contributed by atoms with Crippen molar-refractivity contribution in [2.24, 2.45) is 5.41 Å². The average molecular weight is 275 g/mol. The molecule has 1 N–H and O–H groups in total. The number of fused-ring (bicyclic) bond motifs is 1. The maximum atomic E-state index is 13.0. The van der Waals surface area contributed by atoms with Crippen molar-refractivity contribution in [1.29, 1.82) is 0 Å². The fraction of sp³-hybridized carbons (Fsp3) is 0.571. The Kier molecular flexibility index (Phi) is 3.60. The number of alkyl halides is 4. The van der Waals surface area contributed by atoms with Crippen LogP contribution in [0.4, 0.5) is 17.6 Å². The molecule has 0 aliphatic heterocycles. The van der Waals surface area contributed by atoms with E-state index in [2.05, 4.69) is 5.32 Å². The zero-order chi connectivity index (χ0) is 14.3. The highest BCUT2D eigenvalue weighted by atomic mass is 19.3. The van der Waals surface area contributed by atoms with E-state index < -0.39 is 18.9 Å².